The van der Waals surface area contributed by atoms with Gasteiger partial charge in [0, 0.05) is 11.3 Å². The lowest BCUT2D eigenvalue weighted by Crippen LogP contribution is -2.00. The van der Waals surface area contributed by atoms with Gasteiger partial charge in [0.2, 0.25) is 0 Å². The average molecular weight is 291 g/mol. The number of thiazole rings is 1. The molecular formula is C15H17NO3S. The standard InChI is InChI=1S/C15H17NO3S/c1-3-12-13(9-15(17)18)20-14(16-12)8-10-4-6-11(19-2)7-5-10/h4-7H,3,8-9H2,1-2H3,(H,17,18). The first kappa shape index (κ1) is 14.5. The predicted molar refractivity (Wildman–Crippen MR) is 78.6 cm³/mol. The molecule has 0 saturated heterocycles. The number of carboxylic acid groups (broad SMARTS) is 1. The average Bonchev–Trinajstić information content (AvgIpc) is 2.80. The van der Waals surface area contributed by atoms with E-state index in [2.05, 4.69) is 4.98 Å². The fourth-order valence-corrected chi connectivity index (χ4v) is 3.16. The Morgan fingerprint density at radius 3 is 2.60 bits per heavy atom. The van der Waals surface area contributed by atoms with Gasteiger partial charge in [-0.2, -0.15) is 0 Å². The fourth-order valence-electron chi connectivity index (χ4n) is 1.98. The number of methoxy groups -OCH3 is 1. The van der Waals surface area contributed by atoms with E-state index in [1.165, 1.54) is 11.3 Å². The number of nitrogens with zero attached hydrogens (tertiary/aromatic N) is 1. The third-order valence-corrected chi connectivity index (χ3v) is 4.08. The van der Waals surface area contributed by atoms with Crippen LogP contribution in [0.15, 0.2) is 24.3 Å². The normalized spacial score (nSPS) is 10.5. The number of hydrogen-bond donors (Lipinski definition) is 1. The summed E-state index contributed by atoms with van der Waals surface area (Å²) in [7, 11) is 1.64. The van der Waals surface area contributed by atoms with E-state index in [9.17, 15) is 4.79 Å². The van der Waals surface area contributed by atoms with Gasteiger partial charge in [-0.1, -0.05) is 19.1 Å². The van der Waals surface area contributed by atoms with Crippen molar-refractivity contribution >= 4 is 17.3 Å². The zero-order valence-corrected chi connectivity index (χ0v) is 12.4. The third-order valence-electron chi connectivity index (χ3n) is 2.98. The monoisotopic (exact) mass is 291 g/mol. The zero-order chi connectivity index (χ0) is 14.5. The Morgan fingerprint density at radius 2 is 2.05 bits per heavy atom. The molecule has 2 rings (SSSR count). The molecule has 4 nitrogen and oxygen atoms in total. The van der Waals surface area contributed by atoms with Gasteiger partial charge in [-0.05, 0) is 24.1 Å². The Balaban J connectivity index is 2.15. The van der Waals surface area contributed by atoms with Crippen molar-refractivity contribution in [1.82, 2.24) is 4.98 Å². The van der Waals surface area contributed by atoms with Crippen molar-refractivity contribution in [2.75, 3.05) is 7.11 Å². The molecule has 0 aliphatic rings. The lowest BCUT2D eigenvalue weighted by atomic mass is 10.1. The predicted octanol–water partition coefficient (Wildman–Crippen LogP) is 2.93. The lowest BCUT2D eigenvalue weighted by molar-refractivity contribution is -0.136. The molecule has 0 fully saturated rings. The summed E-state index contributed by atoms with van der Waals surface area (Å²) in [5, 5.41) is 9.87. The maximum absolute atomic E-state index is 10.8. The fraction of sp³-hybridized carbons (Fsp3) is 0.333. The first-order valence-electron chi connectivity index (χ1n) is 6.44. The van der Waals surface area contributed by atoms with Crippen molar-refractivity contribution in [3.8, 4) is 5.75 Å². The molecule has 0 spiro atoms. The number of aryl methyl sites for hydroxylation is 1. The number of aromatic nitrogens is 1. The summed E-state index contributed by atoms with van der Waals surface area (Å²) < 4.78 is 5.13. The quantitative estimate of drug-likeness (QED) is 0.889. The molecule has 0 aliphatic heterocycles. The van der Waals surface area contributed by atoms with Gasteiger partial charge in [-0.3, -0.25) is 4.79 Å². The van der Waals surface area contributed by atoms with E-state index in [-0.39, 0.29) is 6.42 Å². The molecule has 5 heteroatoms. The van der Waals surface area contributed by atoms with E-state index in [0.717, 1.165) is 39.7 Å². The van der Waals surface area contributed by atoms with Gasteiger partial charge in [0.05, 0.1) is 24.2 Å². The van der Waals surface area contributed by atoms with E-state index in [4.69, 9.17) is 9.84 Å². The Labute approximate surface area is 122 Å². The molecule has 0 aliphatic carbocycles. The molecule has 106 valence electrons. The molecular weight excluding hydrogens is 274 g/mol. The van der Waals surface area contributed by atoms with Crippen molar-refractivity contribution in [2.45, 2.75) is 26.2 Å². The minimum Gasteiger partial charge on any atom is -0.497 e. The first-order valence-corrected chi connectivity index (χ1v) is 7.26. The number of carboxylic acids is 1. The highest BCUT2D eigenvalue weighted by atomic mass is 32.1. The molecule has 1 heterocycles. The van der Waals surface area contributed by atoms with Gasteiger partial charge in [-0.15, -0.1) is 11.3 Å². The number of hydrogen-bond acceptors (Lipinski definition) is 4. The smallest absolute Gasteiger partial charge is 0.308 e. The van der Waals surface area contributed by atoms with Crippen LogP contribution >= 0.6 is 11.3 Å². The number of aliphatic carboxylic acids is 1. The number of rotatable bonds is 6. The molecule has 20 heavy (non-hydrogen) atoms. The van der Waals surface area contributed by atoms with E-state index >= 15 is 0 Å². The van der Waals surface area contributed by atoms with Crippen LogP contribution in [0.4, 0.5) is 0 Å². The molecule has 1 aromatic carbocycles. The van der Waals surface area contributed by atoms with Crippen LogP contribution in [-0.4, -0.2) is 23.2 Å². The van der Waals surface area contributed by atoms with Crippen LogP contribution < -0.4 is 4.74 Å². The summed E-state index contributed by atoms with van der Waals surface area (Å²) in [6.45, 7) is 2.00. The molecule has 0 radical (unpaired) electrons. The minimum atomic E-state index is -0.806. The van der Waals surface area contributed by atoms with E-state index < -0.39 is 5.97 Å². The number of benzene rings is 1. The maximum Gasteiger partial charge on any atom is 0.308 e. The molecule has 0 bridgehead atoms. The van der Waals surface area contributed by atoms with E-state index in [1.54, 1.807) is 7.11 Å². The highest BCUT2D eigenvalue weighted by Crippen LogP contribution is 2.23. The summed E-state index contributed by atoms with van der Waals surface area (Å²) >= 11 is 1.49. The van der Waals surface area contributed by atoms with Gasteiger partial charge in [0.25, 0.3) is 0 Å². The van der Waals surface area contributed by atoms with Crippen molar-refractivity contribution < 1.29 is 14.6 Å². The van der Waals surface area contributed by atoms with Crippen LogP contribution in [-0.2, 0) is 24.1 Å². The molecule has 0 amide bonds. The molecule has 0 unspecified atom stereocenters. The molecule has 0 saturated carbocycles. The van der Waals surface area contributed by atoms with Gasteiger partial charge >= 0.3 is 5.97 Å². The largest absolute Gasteiger partial charge is 0.497 e. The molecule has 2 aromatic rings. The van der Waals surface area contributed by atoms with Gasteiger partial charge in [-0.25, -0.2) is 4.98 Å². The van der Waals surface area contributed by atoms with Crippen molar-refractivity contribution in [3.63, 3.8) is 0 Å². The van der Waals surface area contributed by atoms with Crippen molar-refractivity contribution in [2.24, 2.45) is 0 Å². The van der Waals surface area contributed by atoms with E-state index in [1.807, 2.05) is 31.2 Å². The Hall–Kier alpha value is -1.88. The van der Waals surface area contributed by atoms with E-state index in [0.29, 0.717) is 0 Å². The molecule has 1 aromatic heterocycles. The van der Waals surface area contributed by atoms with Crippen LogP contribution in [0.2, 0.25) is 0 Å². The summed E-state index contributed by atoms with van der Waals surface area (Å²) in [6, 6.07) is 7.84. The highest BCUT2D eigenvalue weighted by Gasteiger charge is 2.13. The summed E-state index contributed by atoms with van der Waals surface area (Å²) in [5.41, 5.74) is 2.05. The molecule has 0 atom stereocenters. The van der Waals surface area contributed by atoms with Crippen molar-refractivity contribution in [1.29, 1.82) is 0 Å². The van der Waals surface area contributed by atoms with Gasteiger partial charge in [0.15, 0.2) is 0 Å². The van der Waals surface area contributed by atoms with Crippen LogP contribution in [0.25, 0.3) is 0 Å². The Bertz CT molecular complexity index is 590. The van der Waals surface area contributed by atoms with Crippen LogP contribution in [0.3, 0.4) is 0 Å². The van der Waals surface area contributed by atoms with Crippen LogP contribution in [0.5, 0.6) is 5.75 Å². The lowest BCUT2D eigenvalue weighted by Gasteiger charge is -2.01. The van der Waals surface area contributed by atoms with Crippen LogP contribution in [0, 0.1) is 0 Å². The zero-order valence-electron chi connectivity index (χ0n) is 11.5. The number of carbonyl (C=O) groups is 1. The Morgan fingerprint density at radius 1 is 1.35 bits per heavy atom. The van der Waals surface area contributed by atoms with Gasteiger partial charge in [0.1, 0.15) is 5.75 Å². The third kappa shape index (κ3) is 3.57. The Kier molecular flexibility index (Phi) is 4.74. The maximum atomic E-state index is 10.8. The highest BCUT2D eigenvalue weighted by molar-refractivity contribution is 7.11. The second-order valence-corrected chi connectivity index (χ2v) is 5.59. The molecule has 1 N–H and O–H groups in total. The van der Waals surface area contributed by atoms with Crippen LogP contribution in [0.1, 0.15) is 28.1 Å². The summed E-state index contributed by atoms with van der Waals surface area (Å²) in [6.07, 6.45) is 1.55. The second kappa shape index (κ2) is 6.52. The SMILES string of the molecule is CCc1nc(Cc2ccc(OC)cc2)sc1CC(=O)O. The minimum absolute atomic E-state index is 0.0590. The van der Waals surface area contributed by atoms with Crippen molar-refractivity contribution in [3.05, 3.63) is 45.4 Å². The number of ether oxygens (including phenoxy) is 1. The van der Waals surface area contributed by atoms with Gasteiger partial charge < -0.3 is 9.84 Å². The summed E-state index contributed by atoms with van der Waals surface area (Å²) in [5.74, 6) is 0.0213. The second-order valence-electron chi connectivity index (χ2n) is 4.43. The first-order chi connectivity index (χ1) is 9.62. The topological polar surface area (TPSA) is 59.4 Å². The summed E-state index contributed by atoms with van der Waals surface area (Å²) in [4.78, 5) is 16.2.